The van der Waals surface area contributed by atoms with Crippen molar-refractivity contribution in [2.24, 2.45) is 0 Å². The zero-order valence-corrected chi connectivity index (χ0v) is 14.3. The Morgan fingerprint density at radius 3 is 2.72 bits per heavy atom. The fourth-order valence-corrected chi connectivity index (χ4v) is 3.23. The summed E-state index contributed by atoms with van der Waals surface area (Å²) < 4.78 is 5.51. The van der Waals surface area contributed by atoms with E-state index in [0.29, 0.717) is 6.54 Å². The van der Waals surface area contributed by atoms with E-state index in [1.165, 1.54) is 12.4 Å². The molecular formula is C18H23N5O2. The summed E-state index contributed by atoms with van der Waals surface area (Å²) in [5, 5.41) is 2.95. The Morgan fingerprint density at radius 2 is 2.00 bits per heavy atom. The molecule has 1 aliphatic heterocycles. The number of nitrogens with zero attached hydrogens (tertiary/aromatic N) is 3. The van der Waals surface area contributed by atoms with Gasteiger partial charge in [0.05, 0.1) is 13.2 Å². The maximum Gasteiger partial charge on any atom is 0.273 e. The van der Waals surface area contributed by atoms with E-state index in [1.807, 2.05) is 24.3 Å². The van der Waals surface area contributed by atoms with Gasteiger partial charge in [-0.05, 0) is 32.0 Å². The van der Waals surface area contributed by atoms with Crippen LogP contribution in [0.3, 0.4) is 0 Å². The van der Waals surface area contributed by atoms with E-state index in [-0.39, 0.29) is 23.5 Å². The molecule has 3 rings (SSSR count). The van der Waals surface area contributed by atoms with Gasteiger partial charge in [-0.1, -0.05) is 18.2 Å². The quantitative estimate of drug-likeness (QED) is 0.829. The largest absolute Gasteiger partial charge is 0.496 e. The van der Waals surface area contributed by atoms with Crippen molar-refractivity contribution in [2.45, 2.75) is 18.9 Å². The van der Waals surface area contributed by atoms with E-state index in [1.54, 1.807) is 7.11 Å². The third-order valence-corrected chi connectivity index (χ3v) is 4.48. The average Bonchev–Trinajstić information content (AvgIpc) is 3.17. The van der Waals surface area contributed by atoms with Crippen LogP contribution in [0.2, 0.25) is 0 Å². The molecular weight excluding hydrogens is 318 g/mol. The van der Waals surface area contributed by atoms with E-state index < -0.39 is 0 Å². The molecule has 1 aromatic heterocycles. The molecule has 2 heterocycles. The number of rotatable bonds is 6. The van der Waals surface area contributed by atoms with Crippen LogP contribution < -0.4 is 15.8 Å². The number of benzene rings is 1. The monoisotopic (exact) mass is 341 g/mol. The van der Waals surface area contributed by atoms with E-state index in [4.69, 9.17) is 10.5 Å². The molecule has 1 fully saturated rings. The van der Waals surface area contributed by atoms with Crippen LogP contribution in [-0.4, -0.2) is 47.5 Å². The topological polar surface area (TPSA) is 93.4 Å². The van der Waals surface area contributed by atoms with Gasteiger partial charge in [0.15, 0.2) is 11.5 Å². The highest BCUT2D eigenvalue weighted by molar-refractivity contribution is 5.96. The first-order chi connectivity index (χ1) is 12.2. The van der Waals surface area contributed by atoms with Crippen LogP contribution in [0.15, 0.2) is 36.7 Å². The van der Waals surface area contributed by atoms with E-state index in [0.717, 1.165) is 37.2 Å². The van der Waals surface area contributed by atoms with Crippen LogP contribution >= 0.6 is 0 Å². The maximum atomic E-state index is 12.4. The minimum absolute atomic E-state index is 0.0421. The van der Waals surface area contributed by atoms with Crippen LogP contribution in [0.5, 0.6) is 5.75 Å². The number of aromatic nitrogens is 2. The number of likely N-dealkylation sites (tertiary alicyclic amines) is 1. The molecule has 0 saturated carbocycles. The van der Waals surface area contributed by atoms with Gasteiger partial charge >= 0.3 is 0 Å². The number of ether oxygens (including phenoxy) is 1. The predicted molar refractivity (Wildman–Crippen MR) is 95.3 cm³/mol. The Morgan fingerprint density at radius 1 is 1.28 bits per heavy atom. The molecule has 3 N–H and O–H groups in total. The lowest BCUT2D eigenvalue weighted by Gasteiger charge is -2.29. The molecule has 7 nitrogen and oxygen atoms in total. The smallest absolute Gasteiger partial charge is 0.273 e. The zero-order chi connectivity index (χ0) is 17.6. The number of carbonyl (C=O) groups excluding carboxylic acids is 1. The number of nitrogen functional groups attached to an aromatic ring is 1. The molecule has 1 aliphatic rings. The van der Waals surface area contributed by atoms with Crippen molar-refractivity contribution in [3.05, 3.63) is 47.9 Å². The van der Waals surface area contributed by atoms with Crippen LogP contribution in [0, 0.1) is 0 Å². The van der Waals surface area contributed by atoms with Crippen LogP contribution in [0.25, 0.3) is 0 Å². The zero-order valence-electron chi connectivity index (χ0n) is 14.3. The molecule has 1 amide bonds. The van der Waals surface area contributed by atoms with Gasteiger partial charge in [-0.3, -0.25) is 9.69 Å². The van der Waals surface area contributed by atoms with Gasteiger partial charge in [-0.15, -0.1) is 0 Å². The second-order valence-corrected chi connectivity index (χ2v) is 6.00. The lowest BCUT2D eigenvalue weighted by molar-refractivity contribution is 0.0933. The van der Waals surface area contributed by atoms with E-state index in [9.17, 15) is 4.79 Å². The van der Waals surface area contributed by atoms with E-state index in [2.05, 4.69) is 20.2 Å². The molecule has 0 unspecified atom stereocenters. The number of amides is 1. The lowest BCUT2D eigenvalue weighted by Crippen LogP contribution is -2.37. The van der Waals surface area contributed by atoms with E-state index >= 15 is 0 Å². The number of anilines is 1. The number of hydrogen-bond acceptors (Lipinski definition) is 6. The van der Waals surface area contributed by atoms with Gasteiger partial charge in [0.2, 0.25) is 0 Å². The summed E-state index contributed by atoms with van der Waals surface area (Å²) in [4.78, 5) is 22.7. The first-order valence-corrected chi connectivity index (χ1v) is 8.42. The van der Waals surface area contributed by atoms with Crippen molar-refractivity contribution in [3.63, 3.8) is 0 Å². The van der Waals surface area contributed by atoms with Crippen LogP contribution in [0.1, 0.15) is 34.9 Å². The Hall–Kier alpha value is -2.67. The number of para-hydroxylation sites is 1. The second kappa shape index (κ2) is 7.94. The summed E-state index contributed by atoms with van der Waals surface area (Å²) >= 11 is 0. The fourth-order valence-electron chi connectivity index (χ4n) is 3.23. The summed E-state index contributed by atoms with van der Waals surface area (Å²) in [6.45, 7) is 2.47. The van der Waals surface area contributed by atoms with Crippen molar-refractivity contribution in [1.29, 1.82) is 0 Å². The van der Waals surface area contributed by atoms with Crippen molar-refractivity contribution in [2.75, 3.05) is 32.5 Å². The van der Waals surface area contributed by atoms with Gasteiger partial charge < -0.3 is 15.8 Å². The molecule has 0 spiro atoms. The highest BCUT2D eigenvalue weighted by Gasteiger charge is 2.26. The van der Waals surface area contributed by atoms with Crippen molar-refractivity contribution in [1.82, 2.24) is 20.2 Å². The number of nitrogens with one attached hydrogen (secondary N) is 1. The standard InChI is InChI=1S/C18H23N5O2/c1-25-15-7-3-2-6-13(15)14(23-10-4-5-11-23)12-22-18(24)16-17(19)21-9-8-20-16/h2-3,6-9,14H,4-5,10-12H2,1H3,(H2,19,21)(H,22,24)/t14-/m0/s1. The molecule has 2 aromatic rings. The summed E-state index contributed by atoms with van der Waals surface area (Å²) in [6, 6.07) is 7.97. The molecule has 132 valence electrons. The number of nitrogens with two attached hydrogens (primary N) is 1. The molecule has 1 aromatic carbocycles. The Balaban J connectivity index is 1.79. The third kappa shape index (κ3) is 3.88. The number of methoxy groups -OCH3 is 1. The van der Waals surface area contributed by atoms with Crippen LogP contribution in [-0.2, 0) is 0 Å². The molecule has 1 saturated heterocycles. The first kappa shape index (κ1) is 17.2. The number of carbonyl (C=O) groups is 1. The second-order valence-electron chi connectivity index (χ2n) is 6.00. The summed E-state index contributed by atoms with van der Waals surface area (Å²) in [5.74, 6) is 0.646. The summed E-state index contributed by atoms with van der Waals surface area (Å²) in [5.41, 5.74) is 6.97. The van der Waals surface area contributed by atoms with Crippen LogP contribution in [0.4, 0.5) is 5.82 Å². The predicted octanol–water partition coefficient (Wildman–Crippen LogP) is 1.63. The third-order valence-electron chi connectivity index (χ3n) is 4.48. The first-order valence-electron chi connectivity index (χ1n) is 8.42. The summed E-state index contributed by atoms with van der Waals surface area (Å²) in [7, 11) is 1.67. The SMILES string of the molecule is COc1ccccc1[C@H](CNC(=O)c1nccnc1N)N1CCCC1. The highest BCUT2D eigenvalue weighted by atomic mass is 16.5. The Bertz CT molecular complexity index is 731. The van der Waals surface area contributed by atoms with Gasteiger partial charge in [0.1, 0.15) is 5.75 Å². The van der Waals surface area contributed by atoms with Gasteiger partial charge in [-0.2, -0.15) is 0 Å². The molecule has 25 heavy (non-hydrogen) atoms. The minimum Gasteiger partial charge on any atom is -0.496 e. The molecule has 1 atom stereocenters. The normalized spacial score (nSPS) is 15.7. The van der Waals surface area contributed by atoms with Gasteiger partial charge in [0.25, 0.3) is 5.91 Å². The maximum absolute atomic E-state index is 12.4. The lowest BCUT2D eigenvalue weighted by atomic mass is 10.0. The molecule has 7 heteroatoms. The summed E-state index contributed by atoms with van der Waals surface area (Å²) in [6.07, 6.45) is 5.25. The molecule has 0 bridgehead atoms. The molecule has 0 radical (unpaired) electrons. The fraction of sp³-hybridized carbons (Fsp3) is 0.389. The Kier molecular flexibility index (Phi) is 5.45. The van der Waals surface area contributed by atoms with Crippen molar-refractivity contribution >= 4 is 11.7 Å². The van der Waals surface area contributed by atoms with Crippen molar-refractivity contribution < 1.29 is 9.53 Å². The van der Waals surface area contributed by atoms with Gasteiger partial charge in [-0.25, -0.2) is 9.97 Å². The number of hydrogen-bond donors (Lipinski definition) is 2. The van der Waals surface area contributed by atoms with Crippen molar-refractivity contribution in [3.8, 4) is 5.75 Å². The average molecular weight is 341 g/mol. The minimum atomic E-state index is -0.315. The van der Waals surface area contributed by atoms with Gasteiger partial charge in [0, 0.05) is 24.5 Å². The highest BCUT2D eigenvalue weighted by Crippen LogP contribution is 2.31. The Labute approximate surface area is 147 Å². The molecule has 0 aliphatic carbocycles.